The van der Waals surface area contributed by atoms with Crippen LogP contribution < -0.4 is 10.2 Å². The van der Waals surface area contributed by atoms with Crippen LogP contribution in [0.1, 0.15) is 17.3 Å². The smallest absolute Gasteiger partial charge is 0.262 e. The molecule has 7 heteroatoms. The van der Waals surface area contributed by atoms with Crippen LogP contribution in [0.5, 0.6) is 0 Å². The van der Waals surface area contributed by atoms with Gasteiger partial charge < -0.3 is 5.32 Å². The van der Waals surface area contributed by atoms with Gasteiger partial charge in [-0.05, 0) is 31.2 Å². The maximum Gasteiger partial charge on any atom is 0.262 e. The van der Waals surface area contributed by atoms with E-state index in [1.165, 1.54) is 31.4 Å². The molecular formula is C10H14N2O4S. The Bertz CT molecular complexity index is 482. The van der Waals surface area contributed by atoms with Gasteiger partial charge in [-0.15, -0.1) is 0 Å². The van der Waals surface area contributed by atoms with Crippen LogP contribution in [0.2, 0.25) is 0 Å². The summed E-state index contributed by atoms with van der Waals surface area (Å²) in [4.78, 5) is 17.7. The van der Waals surface area contributed by atoms with Crippen molar-refractivity contribution in [1.29, 1.82) is 0 Å². The van der Waals surface area contributed by atoms with Gasteiger partial charge in [-0.3, -0.25) is 9.63 Å². The third-order valence-corrected chi connectivity index (χ3v) is 3.24. The second-order valence-corrected chi connectivity index (χ2v) is 4.82. The fourth-order valence-corrected chi connectivity index (χ4v) is 2.02. The quantitative estimate of drug-likeness (QED) is 0.743. The Morgan fingerprint density at radius 3 is 2.35 bits per heavy atom. The number of carbonyl (C=O) groups is 1. The molecule has 1 amide bonds. The zero-order valence-corrected chi connectivity index (χ0v) is 10.4. The van der Waals surface area contributed by atoms with Gasteiger partial charge in [-0.1, -0.05) is 4.89 Å². The average molecular weight is 258 g/mol. The summed E-state index contributed by atoms with van der Waals surface area (Å²) in [6.07, 6.45) is 0. The fourth-order valence-electron chi connectivity index (χ4n) is 1.21. The van der Waals surface area contributed by atoms with Gasteiger partial charge in [0.15, 0.2) is 0 Å². The first kappa shape index (κ1) is 13.6. The van der Waals surface area contributed by atoms with Gasteiger partial charge in [0.1, 0.15) is 0 Å². The summed E-state index contributed by atoms with van der Waals surface area (Å²) in [7, 11) is -2.46. The number of carbonyl (C=O) groups excluding carboxylic acids is 1. The zero-order chi connectivity index (χ0) is 12.9. The highest BCUT2D eigenvalue weighted by Gasteiger charge is 2.14. The minimum Gasteiger partial charge on any atom is -0.352 e. The molecule has 0 atom stereocenters. The fraction of sp³-hybridized carbons (Fsp3) is 0.300. The van der Waals surface area contributed by atoms with Crippen molar-refractivity contribution in [2.24, 2.45) is 0 Å². The van der Waals surface area contributed by atoms with Crippen molar-refractivity contribution in [2.75, 3.05) is 13.7 Å². The van der Waals surface area contributed by atoms with Crippen LogP contribution in [0.4, 0.5) is 0 Å². The molecule has 0 radical (unpaired) electrons. The van der Waals surface area contributed by atoms with Crippen molar-refractivity contribution in [3.63, 3.8) is 0 Å². The van der Waals surface area contributed by atoms with E-state index in [4.69, 9.17) is 0 Å². The Morgan fingerprint density at radius 1 is 1.29 bits per heavy atom. The van der Waals surface area contributed by atoms with E-state index in [0.29, 0.717) is 12.1 Å². The first-order chi connectivity index (χ1) is 8.01. The van der Waals surface area contributed by atoms with Gasteiger partial charge in [0.2, 0.25) is 0 Å². The Morgan fingerprint density at radius 2 is 1.88 bits per heavy atom. The summed E-state index contributed by atoms with van der Waals surface area (Å²) in [5.41, 5.74) is 0.406. The lowest BCUT2D eigenvalue weighted by atomic mass is 10.2. The molecule has 17 heavy (non-hydrogen) atoms. The SMILES string of the molecule is CCNC(=O)c1ccc(S(=O)(=O)NOC)cc1. The van der Waals surface area contributed by atoms with Crippen molar-refractivity contribution in [3.8, 4) is 0 Å². The van der Waals surface area contributed by atoms with E-state index in [9.17, 15) is 13.2 Å². The minimum absolute atomic E-state index is 0.0346. The molecule has 0 unspecified atom stereocenters. The van der Waals surface area contributed by atoms with E-state index in [0.717, 1.165) is 0 Å². The molecule has 1 rings (SSSR count). The highest BCUT2D eigenvalue weighted by atomic mass is 32.2. The molecule has 0 spiro atoms. The first-order valence-electron chi connectivity index (χ1n) is 4.94. The lowest BCUT2D eigenvalue weighted by Gasteiger charge is -2.05. The Kier molecular flexibility index (Phi) is 4.62. The largest absolute Gasteiger partial charge is 0.352 e. The lowest BCUT2D eigenvalue weighted by molar-refractivity contribution is 0.0955. The van der Waals surface area contributed by atoms with Crippen LogP contribution in [0.3, 0.4) is 0 Å². The topological polar surface area (TPSA) is 84.5 Å². The maximum absolute atomic E-state index is 11.5. The number of hydrogen-bond acceptors (Lipinski definition) is 4. The summed E-state index contributed by atoms with van der Waals surface area (Å²) in [6.45, 7) is 2.32. The van der Waals surface area contributed by atoms with E-state index >= 15 is 0 Å². The Hall–Kier alpha value is -1.44. The molecule has 1 aromatic carbocycles. The van der Waals surface area contributed by atoms with Crippen LogP contribution in [-0.4, -0.2) is 28.0 Å². The summed E-state index contributed by atoms with van der Waals surface area (Å²) in [6, 6.07) is 5.56. The van der Waals surface area contributed by atoms with Gasteiger partial charge in [-0.25, -0.2) is 8.42 Å². The Labute approximate surface area is 100.0 Å². The second-order valence-electron chi connectivity index (χ2n) is 3.17. The van der Waals surface area contributed by atoms with Gasteiger partial charge in [-0.2, -0.15) is 0 Å². The molecule has 6 nitrogen and oxygen atoms in total. The highest BCUT2D eigenvalue weighted by molar-refractivity contribution is 7.89. The van der Waals surface area contributed by atoms with E-state index in [2.05, 4.69) is 10.2 Å². The standard InChI is InChI=1S/C10H14N2O4S/c1-3-11-10(13)8-4-6-9(7-5-8)17(14,15)12-16-2/h4-7,12H,3H2,1-2H3,(H,11,13). The van der Waals surface area contributed by atoms with Crippen molar-refractivity contribution < 1.29 is 18.0 Å². The van der Waals surface area contributed by atoms with E-state index < -0.39 is 10.0 Å². The summed E-state index contributed by atoms with van der Waals surface area (Å²) < 4.78 is 23.0. The summed E-state index contributed by atoms with van der Waals surface area (Å²) in [5, 5.41) is 2.62. The maximum atomic E-state index is 11.5. The van der Waals surface area contributed by atoms with Crippen LogP contribution in [-0.2, 0) is 14.9 Å². The van der Waals surface area contributed by atoms with E-state index in [1.54, 1.807) is 6.92 Å². The van der Waals surface area contributed by atoms with Gasteiger partial charge >= 0.3 is 0 Å². The molecule has 0 aliphatic heterocycles. The van der Waals surface area contributed by atoms with Crippen LogP contribution in [0.15, 0.2) is 29.2 Å². The van der Waals surface area contributed by atoms with Crippen LogP contribution in [0, 0.1) is 0 Å². The molecule has 0 aliphatic rings. The summed E-state index contributed by atoms with van der Waals surface area (Å²) in [5.74, 6) is -0.240. The molecule has 0 bridgehead atoms. The molecule has 0 aliphatic carbocycles. The third-order valence-electron chi connectivity index (χ3n) is 1.96. The molecular weight excluding hydrogens is 244 g/mol. The third kappa shape index (κ3) is 3.52. The number of nitrogens with one attached hydrogen (secondary N) is 2. The zero-order valence-electron chi connectivity index (χ0n) is 9.56. The monoisotopic (exact) mass is 258 g/mol. The van der Waals surface area contributed by atoms with Gasteiger partial charge in [0.25, 0.3) is 15.9 Å². The van der Waals surface area contributed by atoms with Crippen LogP contribution >= 0.6 is 0 Å². The van der Waals surface area contributed by atoms with Crippen molar-refractivity contribution in [3.05, 3.63) is 29.8 Å². The molecule has 0 fully saturated rings. The number of rotatable bonds is 5. The van der Waals surface area contributed by atoms with Crippen LogP contribution in [0.25, 0.3) is 0 Å². The molecule has 1 aromatic rings. The Balaban J connectivity index is 2.92. The predicted octanol–water partition coefficient (Wildman–Crippen LogP) is 0.276. The normalized spacial score (nSPS) is 11.2. The number of amides is 1. The molecule has 2 N–H and O–H groups in total. The van der Waals surface area contributed by atoms with Gasteiger partial charge in [0.05, 0.1) is 12.0 Å². The highest BCUT2D eigenvalue weighted by Crippen LogP contribution is 2.10. The first-order valence-corrected chi connectivity index (χ1v) is 6.42. The van der Waals surface area contributed by atoms with Crippen molar-refractivity contribution in [2.45, 2.75) is 11.8 Å². The second kappa shape index (κ2) is 5.76. The average Bonchev–Trinajstić information content (AvgIpc) is 2.29. The van der Waals surface area contributed by atoms with Gasteiger partial charge in [0, 0.05) is 12.1 Å². The molecule has 94 valence electrons. The molecule has 0 aromatic heterocycles. The predicted molar refractivity (Wildman–Crippen MR) is 61.8 cm³/mol. The molecule has 0 heterocycles. The van der Waals surface area contributed by atoms with Crippen molar-refractivity contribution >= 4 is 15.9 Å². The lowest BCUT2D eigenvalue weighted by Crippen LogP contribution is -2.24. The van der Waals surface area contributed by atoms with E-state index in [-0.39, 0.29) is 10.8 Å². The van der Waals surface area contributed by atoms with Crippen molar-refractivity contribution in [1.82, 2.24) is 10.2 Å². The number of sulfonamides is 1. The van der Waals surface area contributed by atoms with E-state index in [1.807, 2.05) is 4.89 Å². The summed E-state index contributed by atoms with van der Waals surface area (Å²) >= 11 is 0. The molecule has 0 saturated heterocycles. The number of benzene rings is 1. The molecule has 0 saturated carbocycles. The number of hydrogen-bond donors (Lipinski definition) is 2. The minimum atomic E-state index is -3.67.